The maximum atomic E-state index is 12.5. The molecule has 3 rings (SSSR count). The van der Waals surface area contributed by atoms with Gasteiger partial charge >= 0.3 is 5.97 Å². The van der Waals surface area contributed by atoms with Crippen molar-refractivity contribution in [3.63, 3.8) is 0 Å². The summed E-state index contributed by atoms with van der Waals surface area (Å²) in [6, 6.07) is 21.7. The lowest BCUT2D eigenvalue weighted by Gasteiger charge is -2.10. The van der Waals surface area contributed by atoms with Gasteiger partial charge in [0.1, 0.15) is 5.75 Å². The summed E-state index contributed by atoms with van der Waals surface area (Å²) in [6.45, 7) is 6.04. The van der Waals surface area contributed by atoms with Gasteiger partial charge in [-0.1, -0.05) is 56.3 Å². The topological polar surface area (TPSA) is 43.4 Å². The number of benzene rings is 3. The summed E-state index contributed by atoms with van der Waals surface area (Å²) in [5.41, 5.74) is 3.62. The van der Waals surface area contributed by atoms with Crippen LogP contribution in [0.5, 0.6) is 5.75 Å². The minimum absolute atomic E-state index is 0.0548. The SMILES string of the molecule is Cc1cc(C(=O)c2ccccc2)ccc1OC(=O)c1ccc(C(C)C)cc1. The first-order valence-corrected chi connectivity index (χ1v) is 8.98. The largest absolute Gasteiger partial charge is 0.423 e. The average molecular weight is 358 g/mol. The van der Waals surface area contributed by atoms with Crippen LogP contribution < -0.4 is 4.74 Å². The molecule has 0 radical (unpaired) electrons. The molecule has 0 aliphatic heterocycles. The van der Waals surface area contributed by atoms with Crippen LogP contribution in [0.2, 0.25) is 0 Å². The predicted molar refractivity (Wildman–Crippen MR) is 107 cm³/mol. The quantitative estimate of drug-likeness (QED) is 0.340. The number of carbonyl (C=O) groups excluding carboxylic acids is 2. The summed E-state index contributed by atoms with van der Waals surface area (Å²) >= 11 is 0. The Hall–Kier alpha value is -3.20. The van der Waals surface area contributed by atoms with Crippen LogP contribution in [0.25, 0.3) is 0 Å². The smallest absolute Gasteiger partial charge is 0.343 e. The molecule has 3 aromatic carbocycles. The van der Waals surface area contributed by atoms with Crippen LogP contribution in [0, 0.1) is 6.92 Å². The van der Waals surface area contributed by atoms with Crippen LogP contribution in [0.15, 0.2) is 72.8 Å². The number of hydrogen-bond donors (Lipinski definition) is 0. The van der Waals surface area contributed by atoms with Crippen LogP contribution in [0.3, 0.4) is 0 Å². The van der Waals surface area contributed by atoms with E-state index in [0.29, 0.717) is 28.4 Å². The Morgan fingerprint density at radius 1 is 0.778 bits per heavy atom. The molecule has 136 valence electrons. The molecule has 3 nitrogen and oxygen atoms in total. The second-order valence-corrected chi connectivity index (χ2v) is 6.84. The van der Waals surface area contributed by atoms with E-state index in [-0.39, 0.29) is 5.78 Å². The van der Waals surface area contributed by atoms with Crippen molar-refractivity contribution in [2.75, 3.05) is 0 Å². The molecule has 0 heterocycles. The van der Waals surface area contributed by atoms with Crippen molar-refractivity contribution in [3.8, 4) is 5.75 Å². The summed E-state index contributed by atoms with van der Waals surface area (Å²) in [5.74, 6) is 0.404. The Bertz CT molecular complexity index is 955. The monoisotopic (exact) mass is 358 g/mol. The molecule has 0 atom stereocenters. The first kappa shape index (κ1) is 18.6. The Morgan fingerprint density at radius 2 is 1.41 bits per heavy atom. The second-order valence-electron chi connectivity index (χ2n) is 6.84. The summed E-state index contributed by atoms with van der Waals surface area (Å²) in [6.07, 6.45) is 0. The van der Waals surface area contributed by atoms with Crippen LogP contribution in [-0.2, 0) is 0 Å². The zero-order chi connectivity index (χ0) is 19.4. The number of ketones is 1. The number of aryl methyl sites for hydroxylation is 1. The molecule has 27 heavy (non-hydrogen) atoms. The van der Waals surface area contributed by atoms with E-state index in [1.165, 1.54) is 5.56 Å². The van der Waals surface area contributed by atoms with E-state index in [1.54, 1.807) is 42.5 Å². The van der Waals surface area contributed by atoms with E-state index in [1.807, 2.05) is 37.3 Å². The summed E-state index contributed by atoms with van der Waals surface area (Å²) in [4.78, 5) is 24.9. The first-order valence-electron chi connectivity index (χ1n) is 8.98. The van der Waals surface area contributed by atoms with Gasteiger partial charge in [0, 0.05) is 11.1 Å². The molecular formula is C24H22O3. The van der Waals surface area contributed by atoms with Gasteiger partial charge in [-0.25, -0.2) is 4.79 Å². The van der Waals surface area contributed by atoms with Crippen molar-refractivity contribution in [2.45, 2.75) is 26.7 Å². The van der Waals surface area contributed by atoms with Crippen LogP contribution in [-0.4, -0.2) is 11.8 Å². The Morgan fingerprint density at radius 3 is 2.00 bits per heavy atom. The minimum Gasteiger partial charge on any atom is -0.423 e. The number of hydrogen-bond acceptors (Lipinski definition) is 3. The van der Waals surface area contributed by atoms with Gasteiger partial charge in [-0.2, -0.15) is 0 Å². The number of esters is 1. The van der Waals surface area contributed by atoms with Crippen LogP contribution in [0.1, 0.15) is 57.2 Å². The summed E-state index contributed by atoms with van der Waals surface area (Å²) in [7, 11) is 0. The first-order chi connectivity index (χ1) is 13.0. The molecular weight excluding hydrogens is 336 g/mol. The molecule has 0 amide bonds. The molecule has 0 aliphatic carbocycles. The van der Waals surface area contributed by atoms with Gasteiger partial charge in [-0.3, -0.25) is 4.79 Å². The van der Waals surface area contributed by atoms with Crippen molar-refractivity contribution in [3.05, 3.63) is 101 Å². The highest BCUT2D eigenvalue weighted by Crippen LogP contribution is 2.23. The highest BCUT2D eigenvalue weighted by molar-refractivity contribution is 6.09. The molecule has 0 fully saturated rings. The van der Waals surface area contributed by atoms with Crippen molar-refractivity contribution in [2.24, 2.45) is 0 Å². The molecule has 0 unspecified atom stereocenters. The Labute approximate surface area is 159 Å². The molecule has 0 N–H and O–H groups in total. The van der Waals surface area contributed by atoms with Crippen LogP contribution in [0.4, 0.5) is 0 Å². The zero-order valence-corrected chi connectivity index (χ0v) is 15.7. The molecule has 0 saturated carbocycles. The molecule has 0 saturated heterocycles. The number of rotatable bonds is 5. The highest BCUT2D eigenvalue weighted by Gasteiger charge is 2.14. The normalized spacial score (nSPS) is 10.7. The highest BCUT2D eigenvalue weighted by atomic mass is 16.5. The molecule has 3 heteroatoms. The molecule has 0 aromatic heterocycles. The summed E-state index contributed by atoms with van der Waals surface area (Å²) in [5, 5.41) is 0. The molecule has 3 aromatic rings. The fraction of sp³-hybridized carbons (Fsp3) is 0.167. The molecule has 0 spiro atoms. The van der Waals surface area contributed by atoms with E-state index in [0.717, 1.165) is 5.56 Å². The minimum atomic E-state index is -0.407. The van der Waals surface area contributed by atoms with E-state index in [2.05, 4.69) is 13.8 Å². The number of ether oxygens (including phenoxy) is 1. The maximum absolute atomic E-state index is 12.5. The van der Waals surface area contributed by atoms with Gasteiger partial charge in [0.15, 0.2) is 5.78 Å². The zero-order valence-electron chi connectivity index (χ0n) is 15.7. The van der Waals surface area contributed by atoms with Crippen molar-refractivity contribution in [1.29, 1.82) is 0 Å². The van der Waals surface area contributed by atoms with Gasteiger partial charge in [0.25, 0.3) is 0 Å². The van der Waals surface area contributed by atoms with Gasteiger partial charge in [-0.05, 0) is 54.3 Å². The van der Waals surface area contributed by atoms with Crippen molar-refractivity contribution < 1.29 is 14.3 Å². The third-order valence-corrected chi connectivity index (χ3v) is 4.49. The van der Waals surface area contributed by atoms with Gasteiger partial charge < -0.3 is 4.74 Å². The standard InChI is InChI=1S/C24H22O3/c1-16(2)18-9-11-20(12-10-18)24(26)27-22-14-13-21(15-17(22)3)23(25)19-7-5-4-6-8-19/h4-16H,1-3H3. The second kappa shape index (κ2) is 8.00. The van der Waals surface area contributed by atoms with E-state index in [4.69, 9.17) is 4.74 Å². The van der Waals surface area contributed by atoms with Crippen LogP contribution >= 0.6 is 0 Å². The van der Waals surface area contributed by atoms with Gasteiger partial charge in [0.05, 0.1) is 5.56 Å². The lowest BCUT2D eigenvalue weighted by molar-refractivity contribution is 0.0733. The maximum Gasteiger partial charge on any atom is 0.343 e. The fourth-order valence-electron chi connectivity index (χ4n) is 2.82. The number of carbonyl (C=O) groups is 2. The van der Waals surface area contributed by atoms with E-state index in [9.17, 15) is 9.59 Å². The van der Waals surface area contributed by atoms with Crippen molar-refractivity contribution in [1.82, 2.24) is 0 Å². The third-order valence-electron chi connectivity index (χ3n) is 4.49. The van der Waals surface area contributed by atoms with Gasteiger partial charge in [0.2, 0.25) is 0 Å². The molecule has 0 bridgehead atoms. The third kappa shape index (κ3) is 4.32. The van der Waals surface area contributed by atoms with Gasteiger partial charge in [-0.15, -0.1) is 0 Å². The predicted octanol–water partition coefficient (Wildman–Crippen LogP) is 5.57. The van der Waals surface area contributed by atoms with Crippen molar-refractivity contribution >= 4 is 11.8 Å². The summed E-state index contributed by atoms with van der Waals surface area (Å²) < 4.78 is 5.52. The lowest BCUT2D eigenvalue weighted by Crippen LogP contribution is -2.10. The Kier molecular flexibility index (Phi) is 5.51. The van der Waals surface area contributed by atoms with E-state index < -0.39 is 5.97 Å². The fourth-order valence-corrected chi connectivity index (χ4v) is 2.82. The van der Waals surface area contributed by atoms with E-state index >= 15 is 0 Å². The molecule has 0 aliphatic rings. The Balaban J connectivity index is 1.76. The average Bonchev–Trinajstić information content (AvgIpc) is 2.69. The lowest BCUT2D eigenvalue weighted by atomic mass is 10.0.